The quantitative estimate of drug-likeness (QED) is 0.389. The monoisotopic (exact) mass is 462 g/mol. The highest BCUT2D eigenvalue weighted by Crippen LogP contribution is 2.36. The number of aromatic nitrogens is 6. The maximum atomic E-state index is 5.09. The van der Waals surface area contributed by atoms with Crippen LogP contribution in [-0.4, -0.2) is 30.1 Å². The lowest BCUT2D eigenvalue weighted by molar-refractivity contribution is -0.386. The van der Waals surface area contributed by atoms with Gasteiger partial charge >= 0.3 is 0 Å². The van der Waals surface area contributed by atoms with E-state index >= 15 is 0 Å². The zero-order valence-electron chi connectivity index (χ0n) is 18.1. The smallest absolute Gasteiger partial charge is 0.200 e. The molecule has 0 unspecified atom stereocenters. The first-order valence-corrected chi connectivity index (χ1v) is 11.7. The van der Waals surface area contributed by atoms with Gasteiger partial charge in [-0.3, -0.25) is 15.1 Å². The third-order valence-corrected chi connectivity index (χ3v) is 6.49. The van der Waals surface area contributed by atoms with Crippen LogP contribution in [0.2, 0.25) is 0 Å². The molecule has 8 heteroatoms. The SMILES string of the molecule is [NH3+]Cc1ccc(-c2nc3ccnc(-c4n[nH]c(-c5cncs5)n4)c3cc2-c2ccccc2)cc1. The van der Waals surface area contributed by atoms with Crippen LogP contribution in [0.1, 0.15) is 5.56 Å². The molecule has 0 amide bonds. The zero-order valence-corrected chi connectivity index (χ0v) is 19.0. The molecule has 0 aliphatic rings. The molecule has 0 radical (unpaired) electrons. The van der Waals surface area contributed by atoms with E-state index in [2.05, 4.69) is 73.3 Å². The van der Waals surface area contributed by atoms with E-state index in [1.165, 1.54) is 16.9 Å². The van der Waals surface area contributed by atoms with E-state index in [9.17, 15) is 0 Å². The first kappa shape index (κ1) is 20.3. The van der Waals surface area contributed by atoms with Crippen molar-refractivity contribution in [2.24, 2.45) is 0 Å². The lowest BCUT2D eigenvalue weighted by atomic mass is 9.96. The van der Waals surface area contributed by atoms with Crippen molar-refractivity contribution in [2.75, 3.05) is 0 Å². The van der Waals surface area contributed by atoms with E-state index in [1.54, 1.807) is 17.9 Å². The van der Waals surface area contributed by atoms with Gasteiger partial charge in [-0.1, -0.05) is 54.6 Å². The summed E-state index contributed by atoms with van der Waals surface area (Å²) in [5, 5.41) is 8.35. The fourth-order valence-electron chi connectivity index (χ4n) is 3.97. The number of benzene rings is 2. The van der Waals surface area contributed by atoms with Gasteiger partial charge in [0.15, 0.2) is 5.82 Å². The Morgan fingerprint density at radius 3 is 2.50 bits per heavy atom. The molecule has 34 heavy (non-hydrogen) atoms. The van der Waals surface area contributed by atoms with Crippen LogP contribution in [0, 0.1) is 0 Å². The number of quaternary nitrogens is 1. The molecule has 0 saturated carbocycles. The zero-order chi connectivity index (χ0) is 22.9. The number of hydrogen-bond acceptors (Lipinski definition) is 6. The summed E-state index contributed by atoms with van der Waals surface area (Å²) in [6, 6.07) is 22.8. The van der Waals surface area contributed by atoms with E-state index in [1.807, 2.05) is 24.3 Å². The molecule has 0 spiro atoms. The van der Waals surface area contributed by atoms with Gasteiger partial charge in [0.2, 0.25) is 5.82 Å². The number of rotatable bonds is 5. The predicted molar refractivity (Wildman–Crippen MR) is 133 cm³/mol. The van der Waals surface area contributed by atoms with Crippen molar-refractivity contribution in [3.63, 3.8) is 0 Å². The average molecular weight is 463 g/mol. The first-order chi connectivity index (χ1) is 16.8. The molecule has 6 aromatic rings. The molecular formula is C26H20N7S+. The Kier molecular flexibility index (Phi) is 5.14. The number of aromatic amines is 1. The number of pyridine rings is 2. The number of nitrogens with one attached hydrogen (secondary N) is 1. The molecule has 4 heterocycles. The van der Waals surface area contributed by atoms with Gasteiger partial charge in [-0.15, -0.1) is 11.3 Å². The van der Waals surface area contributed by atoms with E-state index < -0.39 is 0 Å². The molecule has 0 aliphatic heterocycles. The van der Waals surface area contributed by atoms with Gasteiger partial charge in [-0.2, -0.15) is 5.10 Å². The van der Waals surface area contributed by atoms with Crippen molar-refractivity contribution in [3.05, 3.63) is 90.2 Å². The van der Waals surface area contributed by atoms with Gasteiger partial charge in [0, 0.05) is 34.5 Å². The van der Waals surface area contributed by atoms with Crippen LogP contribution in [0.3, 0.4) is 0 Å². The molecule has 0 saturated heterocycles. The van der Waals surface area contributed by atoms with Gasteiger partial charge in [0.25, 0.3) is 0 Å². The molecule has 164 valence electrons. The van der Waals surface area contributed by atoms with Gasteiger partial charge in [0.1, 0.15) is 5.69 Å². The molecule has 0 aliphatic carbocycles. The van der Waals surface area contributed by atoms with Crippen molar-refractivity contribution in [1.29, 1.82) is 0 Å². The Morgan fingerprint density at radius 2 is 1.74 bits per heavy atom. The normalized spacial score (nSPS) is 11.2. The van der Waals surface area contributed by atoms with Crippen LogP contribution in [0.25, 0.3) is 55.5 Å². The lowest BCUT2D eigenvalue weighted by Crippen LogP contribution is -2.47. The Bertz CT molecular complexity index is 1570. The van der Waals surface area contributed by atoms with Crippen molar-refractivity contribution >= 4 is 22.2 Å². The highest BCUT2D eigenvalue weighted by Gasteiger charge is 2.17. The van der Waals surface area contributed by atoms with Gasteiger partial charge in [-0.25, -0.2) is 9.97 Å². The maximum Gasteiger partial charge on any atom is 0.200 e. The fraction of sp³-hybridized carbons (Fsp3) is 0.0385. The summed E-state index contributed by atoms with van der Waals surface area (Å²) in [6.07, 6.45) is 3.53. The molecule has 0 fully saturated rings. The van der Waals surface area contributed by atoms with Crippen molar-refractivity contribution in [1.82, 2.24) is 30.1 Å². The van der Waals surface area contributed by atoms with Crippen molar-refractivity contribution in [2.45, 2.75) is 6.54 Å². The minimum Gasteiger partial charge on any atom is -0.354 e. The third-order valence-electron chi connectivity index (χ3n) is 5.71. The molecule has 6 rings (SSSR count). The molecular weight excluding hydrogens is 442 g/mol. The summed E-state index contributed by atoms with van der Waals surface area (Å²) < 4.78 is 0. The van der Waals surface area contributed by atoms with Crippen LogP contribution in [-0.2, 0) is 6.54 Å². The number of fused-ring (bicyclic) bond motifs is 1. The van der Waals surface area contributed by atoms with E-state index in [0.29, 0.717) is 17.3 Å². The Labute approximate surface area is 199 Å². The van der Waals surface area contributed by atoms with Gasteiger partial charge < -0.3 is 5.73 Å². The van der Waals surface area contributed by atoms with E-state index in [-0.39, 0.29) is 0 Å². The molecule has 2 aromatic carbocycles. The highest BCUT2D eigenvalue weighted by atomic mass is 32.1. The summed E-state index contributed by atoms with van der Waals surface area (Å²) in [5.74, 6) is 1.21. The van der Waals surface area contributed by atoms with E-state index in [4.69, 9.17) is 4.98 Å². The Balaban J connectivity index is 1.56. The van der Waals surface area contributed by atoms with Crippen LogP contribution in [0.5, 0.6) is 0 Å². The fourth-order valence-corrected chi connectivity index (χ4v) is 4.53. The minimum atomic E-state index is 0.530. The highest BCUT2D eigenvalue weighted by molar-refractivity contribution is 7.13. The van der Waals surface area contributed by atoms with Crippen LogP contribution in [0.15, 0.2) is 84.6 Å². The number of H-pyrrole nitrogens is 1. The van der Waals surface area contributed by atoms with E-state index in [0.717, 1.165) is 44.7 Å². The number of nitrogens with zero attached hydrogens (tertiary/aromatic N) is 5. The summed E-state index contributed by atoms with van der Waals surface area (Å²) in [5.41, 5.74) is 12.6. The summed E-state index contributed by atoms with van der Waals surface area (Å²) in [6.45, 7) is 0.756. The largest absolute Gasteiger partial charge is 0.354 e. The second kappa shape index (κ2) is 8.58. The second-order valence-electron chi connectivity index (χ2n) is 7.80. The summed E-state index contributed by atoms with van der Waals surface area (Å²) >= 11 is 1.51. The first-order valence-electron chi connectivity index (χ1n) is 10.9. The van der Waals surface area contributed by atoms with Crippen LogP contribution in [0.4, 0.5) is 0 Å². The molecule has 4 N–H and O–H groups in total. The van der Waals surface area contributed by atoms with Crippen molar-refractivity contribution < 1.29 is 5.73 Å². The standard InChI is InChI=1S/C26H19N7S/c27-13-16-6-8-18(9-7-16)23-19(17-4-2-1-3-5-17)12-20-21(30-23)10-11-29-24(20)26-31-25(32-33-26)22-14-28-15-34-22/h1-12,14-15H,13,27H2,(H,31,32,33)/p+1. The summed E-state index contributed by atoms with van der Waals surface area (Å²) in [7, 11) is 0. The van der Waals surface area contributed by atoms with Gasteiger partial charge in [0.05, 0.1) is 28.1 Å². The number of thiazole rings is 1. The Morgan fingerprint density at radius 1 is 0.882 bits per heavy atom. The topological polar surface area (TPSA) is 108 Å². The average Bonchev–Trinajstić information content (AvgIpc) is 3.61. The van der Waals surface area contributed by atoms with Crippen LogP contribution >= 0.6 is 11.3 Å². The lowest BCUT2D eigenvalue weighted by Gasteiger charge is -2.13. The number of hydrogen-bond donors (Lipinski definition) is 2. The van der Waals surface area contributed by atoms with Gasteiger partial charge in [-0.05, 0) is 17.7 Å². The maximum absolute atomic E-state index is 5.09. The third kappa shape index (κ3) is 3.64. The molecule has 7 nitrogen and oxygen atoms in total. The minimum absolute atomic E-state index is 0.530. The van der Waals surface area contributed by atoms with Crippen LogP contribution < -0.4 is 5.73 Å². The second-order valence-corrected chi connectivity index (χ2v) is 8.68. The molecule has 4 aromatic heterocycles. The predicted octanol–water partition coefficient (Wildman–Crippen LogP) is 4.61. The Hall–Kier alpha value is -4.27. The molecule has 0 bridgehead atoms. The summed E-state index contributed by atoms with van der Waals surface area (Å²) in [4.78, 5) is 19.5. The molecule has 0 atom stereocenters. The van der Waals surface area contributed by atoms with Crippen molar-refractivity contribution in [3.8, 4) is 44.6 Å².